The summed E-state index contributed by atoms with van der Waals surface area (Å²) in [4.78, 5) is 0. The summed E-state index contributed by atoms with van der Waals surface area (Å²) < 4.78 is 6.05. The quantitative estimate of drug-likeness (QED) is 0.898. The summed E-state index contributed by atoms with van der Waals surface area (Å²) in [5.41, 5.74) is 4.20. The lowest BCUT2D eigenvalue weighted by molar-refractivity contribution is 0.315. The van der Waals surface area contributed by atoms with Crippen molar-refractivity contribution in [2.24, 2.45) is 0 Å². The van der Waals surface area contributed by atoms with Crippen molar-refractivity contribution in [1.82, 2.24) is 5.32 Å². The summed E-state index contributed by atoms with van der Waals surface area (Å²) >= 11 is 1.75. The Morgan fingerprint density at radius 2 is 2.30 bits per heavy atom. The van der Waals surface area contributed by atoms with E-state index in [2.05, 4.69) is 40.3 Å². The zero-order chi connectivity index (χ0) is 13.8. The van der Waals surface area contributed by atoms with E-state index < -0.39 is 0 Å². The molecule has 1 aromatic heterocycles. The molecule has 0 radical (unpaired) electrons. The lowest BCUT2D eigenvalue weighted by atomic mass is 9.87. The van der Waals surface area contributed by atoms with E-state index in [0.29, 0.717) is 6.04 Å². The van der Waals surface area contributed by atoms with Crippen molar-refractivity contribution in [3.8, 4) is 5.75 Å². The fourth-order valence-corrected chi connectivity index (χ4v) is 3.67. The molecule has 0 aliphatic heterocycles. The zero-order valence-electron chi connectivity index (χ0n) is 11.9. The number of hydrogen-bond donors (Lipinski definition) is 1. The Morgan fingerprint density at radius 3 is 3.10 bits per heavy atom. The maximum Gasteiger partial charge on any atom is 0.122 e. The van der Waals surface area contributed by atoms with Gasteiger partial charge in [0, 0.05) is 12.5 Å². The van der Waals surface area contributed by atoms with Gasteiger partial charge in [0.15, 0.2) is 0 Å². The molecular weight excluding hydrogens is 266 g/mol. The van der Waals surface area contributed by atoms with E-state index in [1.165, 1.54) is 29.5 Å². The largest absolute Gasteiger partial charge is 0.493 e. The zero-order valence-corrected chi connectivity index (χ0v) is 12.7. The number of thiophene rings is 1. The molecule has 3 heteroatoms. The number of rotatable bonds is 5. The minimum Gasteiger partial charge on any atom is -0.493 e. The summed E-state index contributed by atoms with van der Waals surface area (Å²) in [5.74, 6) is 1.08. The Kier molecular flexibility index (Phi) is 4.38. The number of benzene rings is 1. The third-order valence-electron chi connectivity index (χ3n) is 4.04. The highest BCUT2D eigenvalue weighted by molar-refractivity contribution is 7.07. The van der Waals surface area contributed by atoms with E-state index in [4.69, 9.17) is 4.74 Å². The average Bonchev–Trinajstić information content (AvgIpc) is 3.00. The van der Waals surface area contributed by atoms with E-state index in [9.17, 15) is 0 Å². The van der Waals surface area contributed by atoms with Crippen LogP contribution in [0.4, 0.5) is 0 Å². The molecule has 1 aliphatic rings. The standard InChI is InChI=1S/C17H21NOS/c1-18-16-6-2-5-15-14(16)4-3-7-17(15)19-10-8-13-9-11-20-12-13/h3-4,7,9,11-12,16,18H,2,5-6,8,10H2,1H3. The van der Waals surface area contributed by atoms with Crippen molar-refractivity contribution in [1.29, 1.82) is 0 Å². The molecule has 3 rings (SSSR count). The van der Waals surface area contributed by atoms with E-state index in [1.807, 2.05) is 7.05 Å². The molecule has 0 saturated carbocycles. The molecule has 106 valence electrons. The van der Waals surface area contributed by atoms with Gasteiger partial charge in [-0.05, 0) is 65.9 Å². The van der Waals surface area contributed by atoms with Crippen LogP contribution in [0.3, 0.4) is 0 Å². The van der Waals surface area contributed by atoms with Crippen LogP contribution in [0.25, 0.3) is 0 Å². The van der Waals surface area contributed by atoms with E-state index >= 15 is 0 Å². The molecular formula is C17H21NOS. The van der Waals surface area contributed by atoms with Gasteiger partial charge < -0.3 is 10.1 Å². The fourth-order valence-electron chi connectivity index (χ4n) is 2.96. The molecule has 1 unspecified atom stereocenters. The molecule has 1 heterocycles. The van der Waals surface area contributed by atoms with Gasteiger partial charge in [0.05, 0.1) is 6.61 Å². The Labute approximate surface area is 124 Å². The molecule has 1 N–H and O–H groups in total. The molecule has 2 aromatic rings. The molecule has 0 saturated heterocycles. The molecule has 0 amide bonds. The van der Waals surface area contributed by atoms with Crippen LogP contribution in [0.2, 0.25) is 0 Å². The van der Waals surface area contributed by atoms with Crippen LogP contribution >= 0.6 is 11.3 Å². The van der Waals surface area contributed by atoms with Gasteiger partial charge in [-0.25, -0.2) is 0 Å². The predicted octanol–water partition coefficient (Wildman–Crippen LogP) is 3.97. The number of nitrogens with one attached hydrogen (secondary N) is 1. The Morgan fingerprint density at radius 1 is 1.35 bits per heavy atom. The fraction of sp³-hybridized carbons (Fsp3) is 0.412. The highest BCUT2D eigenvalue weighted by atomic mass is 32.1. The SMILES string of the molecule is CNC1CCCc2c(OCCc3ccsc3)cccc21. The number of hydrogen-bond acceptors (Lipinski definition) is 3. The number of fused-ring (bicyclic) bond motifs is 1. The minimum absolute atomic E-state index is 0.485. The van der Waals surface area contributed by atoms with Gasteiger partial charge in [0.1, 0.15) is 5.75 Å². The summed E-state index contributed by atoms with van der Waals surface area (Å²) in [6, 6.07) is 9.13. The van der Waals surface area contributed by atoms with Gasteiger partial charge in [0.2, 0.25) is 0 Å². The van der Waals surface area contributed by atoms with Gasteiger partial charge in [-0.3, -0.25) is 0 Å². The Bertz CT molecular complexity index is 550. The monoisotopic (exact) mass is 287 g/mol. The van der Waals surface area contributed by atoms with Crippen molar-refractivity contribution < 1.29 is 4.74 Å². The van der Waals surface area contributed by atoms with Gasteiger partial charge >= 0.3 is 0 Å². The molecule has 1 aliphatic carbocycles. The highest BCUT2D eigenvalue weighted by Crippen LogP contribution is 2.35. The lowest BCUT2D eigenvalue weighted by Gasteiger charge is -2.26. The molecule has 0 bridgehead atoms. The second kappa shape index (κ2) is 6.42. The van der Waals surface area contributed by atoms with Crippen molar-refractivity contribution in [2.75, 3.05) is 13.7 Å². The lowest BCUT2D eigenvalue weighted by Crippen LogP contribution is -2.22. The molecule has 2 nitrogen and oxygen atoms in total. The third-order valence-corrected chi connectivity index (χ3v) is 4.77. The van der Waals surface area contributed by atoms with Crippen molar-refractivity contribution in [3.05, 3.63) is 51.7 Å². The first kappa shape index (κ1) is 13.7. The van der Waals surface area contributed by atoms with Crippen LogP contribution in [0.1, 0.15) is 35.6 Å². The second-order valence-electron chi connectivity index (χ2n) is 5.29. The van der Waals surface area contributed by atoms with Gasteiger partial charge in [-0.15, -0.1) is 0 Å². The van der Waals surface area contributed by atoms with Crippen LogP contribution < -0.4 is 10.1 Å². The normalized spacial score (nSPS) is 17.8. The van der Waals surface area contributed by atoms with Gasteiger partial charge in [-0.2, -0.15) is 11.3 Å². The first-order valence-corrected chi connectivity index (χ1v) is 8.25. The van der Waals surface area contributed by atoms with Gasteiger partial charge in [0.25, 0.3) is 0 Å². The first-order valence-electron chi connectivity index (χ1n) is 7.31. The maximum absolute atomic E-state index is 6.05. The molecule has 20 heavy (non-hydrogen) atoms. The highest BCUT2D eigenvalue weighted by Gasteiger charge is 2.21. The first-order chi connectivity index (χ1) is 9.88. The van der Waals surface area contributed by atoms with Crippen molar-refractivity contribution in [3.63, 3.8) is 0 Å². The molecule has 0 spiro atoms. The van der Waals surface area contributed by atoms with Crippen LogP contribution in [-0.2, 0) is 12.8 Å². The predicted molar refractivity (Wildman–Crippen MR) is 84.7 cm³/mol. The van der Waals surface area contributed by atoms with Crippen LogP contribution in [-0.4, -0.2) is 13.7 Å². The molecule has 1 atom stereocenters. The topological polar surface area (TPSA) is 21.3 Å². The van der Waals surface area contributed by atoms with Crippen molar-refractivity contribution >= 4 is 11.3 Å². The summed E-state index contributed by atoms with van der Waals surface area (Å²) in [5, 5.41) is 7.73. The van der Waals surface area contributed by atoms with E-state index in [1.54, 1.807) is 11.3 Å². The molecule has 0 fully saturated rings. The summed E-state index contributed by atoms with van der Waals surface area (Å²) in [6.45, 7) is 0.761. The van der Waals surface area contributed by atoms with Crippen LogP contribution in [0.5, 0.6) is 5.75 Å². The second-order valence-corrected chi connectivity index (χ2v) is 6.07. The smallest absolute Gasteiger partial charge is 0.122 e. The molecule has 1 aromatic carbocycles. The number of ether oxygens (including phenoxy) is 1. The van der Waals surface area contributed by atoms with Crippen molar-refractivity contribution in [2.45, 2.75) is 31.7 Å². The Hall–Kier alpha value is -1.32. The summed E-state index contributed by atoms with van der Waals surface area (Å²) in [6.07, 6.45) is 4.59. The van der Waals surface area contributed by atoms with E-state index in [0.717, 1.165) is 25.2 Å². The third kappa shape index (κ3) is 2.89. The minimum atomic E-state index is 0.485. The van der Waals surface area contributed by atoms with Crippen LogP contribution in [0.15, 0.2) is 35.0 Å². The van der Waals surface area contributed by atoms with Crippen LogP contribution in [0, 0.1) is 0 Å². The maximum atomic E-state index is 6.05. The summed E-state index contributed by atoms with van der Waals surface area (Å²) in [7, 11) is 2.05. The van der Waals surface area contributed by atoms with E-state index in [-0.39, 0.29) is 0 Å². The van der Waals surface area contributed by atoms with Gasteiger partial charge in [-0.1, -0.05) is 12.1 Å². The average molecular weight is 287 g/mol. The Balaban J connectivity index is 1.70.